The average molecular weight is 261 g/mol. The van der Waals surface area contributed by atoms with Gasteiger partial charge in [0.15, 0.2) is 5.82 Å². The predicted molar refractivity (Wildman–Crippen MR) is 74.0 cm³/mol. The second-order valence-electron chi connectivity index (χ2n) is 4.11. The predicted octanol–water partition coefficient (Wildman–Crippen LogP) is 1.44. The SMILES string of the molecule is CCNc1ncnc(NCc2nncn2CC)c1C. The van der Waals surface area contributed by atoms with Crippen molar-refractivity contribution in [3.63, 3.8) is 0 Å². The van der Waals surface area contributed by atoms with Crippen molar-refractivity contribution in [1.82, 2.24) is 24.7 Å². The van der Waals surface area contributed by atoms with E-state index < -0.39 is 0 Å². The molecule has 0 aliphatic heterocycles. The molecule has 7 heteroatoms. The molecule has 19 heavy (non-hydrogen) atoms. The standard InChI is InChI=1S/C12H19N7/c1-4-13-11-9(3)12(16-7-15-11)14-6-10-18-17-8-19(10)5-2/h7-8H,4-6H2,1-3H3,(H2,13,14,15,16). The Hall–Kier alpha value is -2.18. The van der Waals surface area contributed by atoms with E-state index in [0.29, 0.717) is 6.54 Å². The molecule has 2 aromatic rings. The zero-order chi connectivity index (χ0) is 13.7. The van der Waals surface area contributed by atoms with Gasteiger partial charge in [-0.25, -0.2) is 9.97 Å². The molecule has 0 aliphatic carbocycles. The van der Waals surface area contributed by atoms with Crippen LogP contribution in [0.1, 0.15) is 25.2 Å². The van der Waals surface area contributed by atoms with Crippen LogP contribution in [-0.4, -0.2) is 31.3 Å². The molecule has 0 amide bonds. The molecule has 0 saturated heterocycles. The third-order valence-electron chi connectivity index (χ3n) is 2.88. The Kier molecular flexibility index (Phi) is 4.27. The highest BCUT2D eigenvalue weighted by atomic mass is 15.3. The van der Waals surface area contributed by atoms with E-state index in [1.165, 1.54) is 0 Å². The van der Waals surface area contributed by atoms with Crippen LogP contribution in [0.4, 0.5) is 11.6 Å². The number of nitrogens with one attached hydrogen (secondary N) is 2. The normalized spacial score (nSPS) is 10.5. The lowest BCUT2D eigenvalue weighted by Gasteiger charge is -2.11. The van der Waals surface area contributed by atoms with Crippen LogP contribution in [0.2, 0.25) is 0 Å². The first kappa shape index (κ1) is 13.3. The third kappa shape index (κ3) is 2.98. The topological polar surface area (TPSA) is 80.6 Å². The number of anilines is 2. The molecule has 0 aromatic carbocycles. The molecule has 0 spiro atoms. The van der Waals surface area contributed by atoms with Crippen LogP contribution in [0, 0.1) is 6.92 Å². The molecule has 2 rings (SSSR count). The van der Waals surface area contributed by atoms with E-state index in [0.717, 1.165) is 36.1 Å². The van der Waals surface area contributed by atoms with Gasteiger partial charge in [0.25, 0.3) is 0 Å². The zero-order valence-electron chi connectivity index (χ0n) is 11.5. The number of hydrogen-bond acceptors (Lipinski definition) is 6. The molecule has 0 bridgehead atoms. The van der Waals surface area contributed by atoms with Crippen molar-refractivity contribution < 1.29 is 0 Å². The Morgan fingerprint density at radius 2 is 1.89 bits per heavy atom. The maximum Gasteiger partial charge on any atom is 0.152 e. The number of rotatable bonds is 6. The van der Waals surface area contributed by atoms with Crippen LogP contribution in [0.3, 0.4) is 0 Å². The first-order valence-corrected chi connectivity index (χ1v) is 6.42. The minimum atomic E-state index is 0.595. The van der Waals surface area contributed by atoms with Gasteiger partial charge in [-0.15, -0.1) is 10.2 Å². The van der Waals surface area contributed by atoms with Crippen molar-refractivity contribution in [3.8, 4) is 0 Å². The minimum Gasteiger partial charge on any atom is -0.370 e. The van der Waals surface area contributed by atoms with Crippen molar-refractivity contribution in [1.29, 1.82) is 0 Å². The highest BCUT2D eigenvalue weighted by molar-refractivity contribution is 5.56. The molecule has 0 unspecified atom stereocenters. The van der Waals surface area contributed by atoms with Crippen LogP contribution in [0.25, 0.3) is 0 Å². The summed E-state index contributed by atoms with van der Waals surface area (Å²) in [5.74, 6) is 2.57. The second kappa shape index (κ2) is 6.12. The number of hydrogen-bond donors (Lipinski definition) is 2. The zero-order valence-corrected chi connectivity index (χ0v) is 11.5. The Bertz CT molecular complexity index is 535. The summed E-state index contributed by atoms with van der Waals surface area (Å²) in [6.07, 6.45) is 3.28. The van der Waals surface area contributed by atoms with Crippen molar-refractivity contribution in [3.05, 3.63) is 24.0 Å². The van der Waals surface area contributed by atoms with Crippen LogP contribution < -0.4 is 10.6 Å². The maximum atomic E-state index is 4.26. The summed E-state index contributed by atoms with van der Waals surface area (Å²) in [5, 5.41) is 14.5. The van der Waals surface area contributed by atoms with Gasteiger partial charge in [0, 0.05) is 18.7 Å². The van der Waals surface area contributed by atoms with E-state index >= 15 is 0 Å². The van der Waals surface area contributed by atoms with Gasteiger partial charge in [0.1, 0.15) is 24.3 Å². The van der Waals surface area contributed by atoms with Gasteiger partial charge in [-0.05, 0) is 20.8 Å². The number of nitrogens with zero attached hydrogens (tertiary/aromatic N) is 5. The lowest BCUT2D eigenvalue weighted by Crippen LogP contribution is -2.11. The molecule has 0 atom stereocenters. The van der Waals surface area contributed by atoms with Crippen LogP contribution in [-0.2, 0) is 13.1 Å². The molecule has 0 saturated carbocycles. The average Bonchev–Trinajstić information content (AvgIpc) is 2.87. The second-order valence-corrected chi connectivity index (χ2v) is 4.11. The molecule has 2 aromatic heterocycles. The molecule has 0 fully saturated rings. The third-order valence-corrected chi connectivity index (χ3v) is 2.88. The van der Waals surface area contributed by atoms with Crippen LogP contribution in [0.15, 0.2) is 12.7 Å². The Morgan fingerprint density at radius 3 is 2.58 bits per heavy atom. The molecule has 0 aliphatic rings. The van der Waals surface area contributed by atoms with Crippen molar-refractivity contribution in [2.24, 2.45) is 0 Å². The smallest absolute Gasteiger partial charge is 0.152 e. The Morgan fingerprint density at radius 1 is 1.16 bits per heavy atom. The fraction of sp³-hybridized carbons (Fsp3) is 0.500. The Balaban J connectivity index is 2.09. The molecule has 7 nitrogen and oxygen atoms in total. The molecular formula is C12H19N7. The number of aromatic nitrogens is 5. The first-order chi connectivity index (χ1) is 9.26. The molecular weight excluding hydrogens is 242 g/mol. The van der Waals surface area contributed by atoms with E-state index in [9.17, 15) is 0 Å². The summed E-state index contributed by atoms with van der Waals surface area (Å²) >= 11 is 0. The fourth-order valence-electron chi connectivity index (χ4n) is 1.82. The summed E-state index contributed by atoms with van der Waals surface area (Å²) in [7, 11) is 0. The van der Waals surface area contributed by atoms with Gasteiger partial charge in [0.05, 0.1) is 6.54 Å². The van der Waals surface area contributed by atoms with Gasteiger partial charge in [-0.1, -0.05) is 0 Å². The number of aryl methyl sites for hydroxylation is 1. The van der Waals surface area contributed by atoms with Crippen LogP contribution >= 0.6 is 0 Å². The highest BCUT2D eigenvalue weighted by Gasteiger charge is 2.08. The lowest BCUT2D eigenvalue weighted by atomic mass is 10.3. The van der Waals surface area contributed by atoms with Gasteiger partial charge >= 0.3 is 0 Å². The summed E-state index contributed by atoms with van der Waals surface area (Å²) in [6.45, 7) is 8.38. The van der Waals surface area contributed by atoms with E-state index in [4.69, 9.17) is 0 Å². The Labute approximate surface area is 112 Å². The molecule has 102 valence electrons. The van der Waals surface area contributed by atoms with Crippen LogP contribution in [0.5, 0.6) is 0 Å². The summed E-state index contributed by atoms with van der Waals surface area (Å²) in [5.41, 5.74) is 1.01. The van der Waals surface area contributed by atoms with Gasteiger partial charge < -0.3 is 15.2 Å². The van der Waals surface area contributed by atoms with E-state index in [2.05, 4.69) is 37.7 Å². The van der Waals surface area contributed by atoms with Crippen molar-refractivity contribution >= 4 is 11.6 Å². The lowest BCUT2D eigenvalue weighted by molar-refractivity contribution is 0.707. The molecule has 2 heterocycles. The van der Waals surface area contributed by atoms with Gasteiger partial charge in [-0.2, -0.15) is 0 Å². The quantitative estimate of drug-likeness (QED) is 0.819. The van der Waals surface area contributed by atoms with E-state index in [1.54, 1.807) is 12.7 Å². The van der Waals surface area contributed by atoms with E-state index in [-0.39, 0.29) is 0 Å². The largest absolute Gasteiger partial charge is 0.370 e. The highest BCUT2D eigenvalue weighted by Crippen LogP contribution is 2.18. The fourth-order valence-corrected chi connectivity index (χ4v) is 1.82. The summed E-state index contributed by atoms with van der Waals surface area (Å²) in [6, 6.07) is 0. The van der Waals surface area contributed by atoms with Gasteiger partial charge in [0.2, 0.25) is 0 Å². The molecule has 0 radical (unpaired) electrons. The first-order valence-electron chi connectivity index (χ1n) is 6.42. The van der Waals surface area contributed by atoms with E-state index in [1.807, 2.05) is 18.4 Å². The summed E-state index contributed by atoms with van der Waals surface area (Å²) in [4.78, 5) is 8.47. The molecule has 2 N–H and O–H groups in total. The van der Waals surface area contributed by atoms with Crippen molar-refractivity contribution in [2.45, 2.75) is 33.9 Å². The van der Waals surface area contributed by atoms with Gasteiger partial charge in [-0.3, -0.25) is 0 Å². The maximum absolute atomic E-state index is 4.26. The minimum absolute atomic E-state index is 0.595. The summed E-state index contributed by atoms with van der Waals surface area (Å²) < 4.78 is 1.99. The van der Waals surface area contributed by atoms with Crippen molar-refractivity contribution in [2.75, 3.05) is 17.2 Å². The monoisotopic (exact) mass is 261 g/mol.